The van der Waals surface area contributed by atoms with Crippen LogP contribution in [0, 0.1) is 5.82 Å². The number of thiazole rings is 1. The molecule has 0 spiro atoms. The second-order valence-corrected chi connectivity index (χ2v) is 7.01. The molecule has 124 valence electrons. The van der Waals surface area contributed by atoms with E-state index in [4.69, 9.17) is 0 Å². The number of carbonyl (C=O) groups excluding carboxylic acids is 1. The van der Waals surface area contributed by atoms with E-state index >= 15 is 0 Å². The maximum absolute atomic E-state index is 13.2. The SMILES string of the molecule is CCN(CC(C)(C)O)C(=O)c1csc(Cc2cccc(F)c2)n1. The smallest absolute Gasteiger partial charge is 0.273 e. The van der Waals surface area contributed by atoms with E-state index in [2.05, 4.69) is 4.98 Å². The summed E-state index contributed by atoms with van der Waals surface area (Å²) in [5.74, 6) is -0.478. The number of nitrogens with zero attached hydrogens (tertiary/aromatic N) is 2. The highest BCUT2D eigenvalue weighted by Gasteiger charge is 2.23. The Morgan fingerprint density at radius 1 is 1.43 bits per heavy atom. The Bertz CT molecular complexity index is 679. The molecule has 0 bridgehead atoms. The molecule has 23 heavy (non-hydrogen) atoms. The first-order valence-corrected chi connectivity index (χ1v) is 8.37. The standard InChI is InChI=1S/C17H21FN2O2S/c1-4-20(11-17(2,3)22)16(21)14-10-23-15(19-14)9-12-6-5-7-13(18)8-12/h5-8,10,22H,4,9,11H2,1-3H3. The minimum atomic E-state index is -0.952. The number of aliphatic hydroxyl groups is 1. The zero-order valence-electron chi connectivity index (χ0n) is 13.5. The Hall–Kier alpha value is -1.79. The number of carbonyl (C=O) groups is 1. The van der Waals surface area contributed by atoms with Crippen LogP contribution in [0.4, 0.5) is 4.39 Å². The predicted molar refractivity (Wildman–Crippen MR) is 89.2 cm³/mol. The molecule has 2 rings (SSSR count). The number of amides is 1. The Morgan fingerprint density at radius 2 is 2.17 bits per heavy atom. The van der Waals surface area contributed by atoms with Crippen LogP contribution >= 0.6 is 11.3 Å². The Morgan fingerprint density at radius 3 is 2.78 bits per heavy atom. The fourth-order valence-electron chi connectivity index (χ4n) is 2.27. The molecule has 0 aliphatic carbocycles. The quantitative estimate of drug-likeness (QED) is 0.882. The molecule has 1 heterocycles. The van der Waals surface area contributed by atoms with E-state index in [-0.39, 0.29) is 18.3 Å². The fraction of sp³-hybridized carbons (Fsp3) is 0.412. The second-order valence-electron chi connectivity index (χ2n) is 6.06. The molecule has 1 amide bonds. The highest BCUT2D eigenvalue weighted by atomic mass is 32.1. The fourth-order valence-corrected chi connectivity index (χ4v) is 3.07. The lowest BCUT2D eigenvalue weighted by atomic mass is 10.1. The average Bonchev–Trinajstić information content (AvgIpc) is 2.91. The maximum Gasteiger partial charge on any atom is 0.273 e. The molecule has 0 saturated carbocycles. The first kappa shape index (κ1) is 17.6. The molecule has 0 aliphatic heterocycles. The van der Waals surface area contributed by atoms with Crippen molar-refractivity contribution >= 4 is 17.2 Å². The lowest BCUT2D eigenvalue weighted by Gasteiger charge is -2.27. The third kappa shape index (κ3) is 5.11. The maximum atomic E-state index is 13.2. The summed E-state index contributed by atoms with van der Waals surface area (Å²) in [6.45, 7) is 5.95. The van der Waals surface area contributed by atoms with Crippen molar-refractivity contribution in [2.45, 2.75) is 32.8 Å². The van der Waals surface area contributed by atoms with Crippen LogP contribution in [0.25, 0.3) is 0 Å². The van der Waals surface area contributed by atoms with Crippen LogP contribution in [0.3, 0.4) is 0 Å². The van der Waals surface area contributed by atoms with Crippen molar-refractivity contribution in [2.24, 2.45) is 0 Å². The molecule has 4 nitrogen and oxygen atoms in total. The van der Waals surface area contributed by atoms with Gasteiger partial charge in [-0.15, -0.1) is 11.3 Å². The van der Waals surface area contributed by atoms with Gasteiger partial charge in [0.15, 0.2) is 0 Å². The number of aromatic nitrogens is 1. The summed E-state index contributed by atoms with van der Waals surface area (Å²) in [5.41, 5.74) is 0.237. The Balaban J connectivity index is 2.10. The predicted octanol–water partition coefficient (Wildman–Crippen LogP) is 3.11. The largest absolute Gasteiger partial charge is 0.389 e. The molecule has 2 aromatic rings. The third-order valence-electron chi connectivity index (χ3n) is 3.26. The van der Waals surface area contributed by atoms with E-state index in [0.717, 1.165) is 10.6 Å². The molecule has 0 unspecified atom stereocenters. The van der Waals surface area contributed by atoms with E-state index in [0.29, 0.717) is 18.7 Å². The third-order valence-corrected chi connectivity index (χ3v) is 4.11. The number of hydrogen-bond acceptors (Lipinski definition) is 4. The van der Waals surface area contributed by atoms with Gasteiger partial charge in [0.1, 0.15) is 11.5 Å². The average molecular weight is 336 g/mol. The van der Waals surface area contributed by atoms with Crippen LogP contribution < -0.4 is 0 Å². The van der Waals surface area contributed by atoms with Gasteiger partial charge in [-0.05, 0) is 38.5 Å². The zero-order valence-corrected chi connectivity index (χ0v) is 14.4. The molecular formula is C17H21FN2O2S. The molecule has 0 aliphatic rings. The van der Waals surface area contributed by atoms with Crippen molar-refractivity contribution in [3.63, 3.8) is 0 Å². The monoisotopic (exact) mass is 336 g/mol. The van der Waals surface area contributed by atoms with Crippen molar-refractivity contribution in [2.75, 3.05) is 13.1 Å². The summed E-state index contributed by atoms with van der Waals surface area (Å²) in [5, 5.41) is 12.4. The number of rotatable bonds is 6. The van der Waals surface area contributed by atoms with Crippen LogP contribution in [-0.4, -0.2) is 39.6 Å². The minimum absolute atomic E-state index is 0.198. The number of halogens is 1. The van der Waals surface area contributed by atoms with E-state index in [1.807, 2.05) is 13.0 Å². The highest BCUT2D eigenvalue weighted by Crippen LogP contribution is 2.17. The number of hydrogen-bond donors (Lipinski definition) is 1. The molecule has 6 heteroatoms. The van der Waals surface area contributed by atoms with E-state index in [9.17, 15) is 14.3 Å². The van der Waals surface area contributed by atoms with Crippen LogP contribution in [-0.2, 0) is 6.42 Å². The Kier molecular flexibility index (Phi) is 5.49. The summed E-state index contributed by atoms with van der Waals surface area (Å²) in [6.07, 6.45) is 0.493. The van der Waals surface area contributed by atoms with Crippen molar-refractivity contribution in [3.8, 4) is 0 Å². The molecule has 0 atom stereocenters. The van der Waals surface area contributed by atoms with Crippen LogP contribution in [0.5, 0.6) is 0 Å². The number of benzene rings is 1. The van der Waals surface area contributed by atoms with Gasteiger partial charge in [0, 0.05) is 24.9 Å². The van der Waals surface area contributed by atoms with Crippen molar-refractivity contribution in [1.82, 2.24) is 9.88 Å². The number of likely N-dealkylation sites (N-methyl/N-ethyl adjacent to an activating group) is 1. The second kappa shape index (κ2) is 7.19. The van der Waals surface area contributed by atoms with Crippen LogP contribution in [0.2, 0.25) is 0 Å². The van der Waals surface area contributed by atoms with E-state index in [1.165, 1.54) is 23.5 Å². The van der Waals surface area contributed by atoms with E-state index in [1.54, 1.807) is 30.2 Å². The van der Waals surface area contributed by atoms with Crippen LogP contribution in [0.1, 0.15) is 41.8 Å². The van der Waals surface area contributed by atoms with Crippen molar-refractivity contribution < 1.29 is 14.3 Å². The Labute approximate surface area is 139 Å². The lowest BCUT2D eigenvalue weighted by molar-refractivity contribution is 0.0312. The summed E-state index contributed by atoms with van der Waals surface area (Å²) in [6, 6.07) is 6.36. The molecule has 0 fully saturated rings. The summed E-state index contributed by atoms with van der Waals surface area (Å²) in [7, 11) is 0. The minimum Gasteiger partial charge on any atom is -0.389 e. The van der Waals surface area contributed by atoms with Gasteiger partial charge in [-0.2, -0.15) is 0 Å². The lowest BCUT2D eigenvalue weighted by Crippen LogP contribution is -2.42. The highest BCUT2D eigenvalue weighted by molar-refractivity contribution is 7.09. The van der Waals surface area contributed by atoms with Crippen LogP contribution in [0.15, 0.2) is 29.6 Å². The van der Waals surface area contributed by atoms with Gasteiger partial charge in [-0.3, -0.25) is 4.79 Å². The molecule has 0 saturated heterocycles. The van der Waals surface area contributed by atoms with Crippen molar-refractivity contribution in [1.29, 1.82) is 0 Å². The normalized spacial score (nSPS) is 11.5. The molecule has 1 aromatic carbocycles. The topological polar surface area (TPSA) is 53.4 Å². The summed E-state index contributed by atoms with van der Waals surface area (Å²) >= 11 is 1.38. The van der Waals surface area contributed by atoms with Gasteiger partial charge >= 0.3 is 0 Å². The first-order chi connectivity index (χ1) is 10.8. The van der Waals surface area contributed by atoms with Gasteiger partial charge in [0.2, 0.25) is 0 Å². The molecule has 0 radical (unpaired) electrons. The van der Waals surface area contributed by atoms with E-state index < -0.39 is 5.60 Å². The van der Waals surface area contributed by atoms with Crippen molar-refractivity contribution in [3.05, 3.63) is 51.7 Å². The van der Waals surface area contributed by atoms with Gasteiger partial charge in [-0.25, -0.2) is 9.37 Å². The summed E-state index contributed by atoms with van der Waals surface area (Å²) < 4.78 is 13.2. The molecule has 1 N–H and O–H groups in total. The first-order valence-electron chi connectivity index (χ1n) is 7.49. The molecular weight excluding hydrogens is 315 g/mol. The van der Waals surface area contributed by atoms with Gasteiger partial charge in [0.25, 0.3) is 5.91 Å². The van der Waals surface area contributed by atoms with Gasteiger partial charge < -0.3 is 10.0 Å². The van der Waals surface area contributed by atoms with Gasteiger partial charge in [-0.1, -0.05) is 12.1 Å². The van der Waals surface area contributed by atoms with Gasteiger partial charge in [0.05, 0.1) is 10.6 Å². The summed E-state index contributed by atoms with van der Waals surface area (Å²) in [4.78, 5) is 18.4. The zero-order chi connectivity index (χ0) is 17.0. The molecule has 1 aromatic heterocycles.